The monoisotopic (exact) mass is 401 g/mol. The average Bonchev–Trinajstić information content (AvgIpc) is 2.69. The molecule has 0 aliphatic carbocycles. The van der Waals surface area contributed by atoms with E-state index in [0.717, 1.165) is 23.9 Å². The Morgan fingerprint density at radius 3 is 2.69 bits per heavy atom. The van der Waals surface area contributed by atoms with Crippen LogP contribution in [0.25, 0.3) is 11.0 Å². The maximum Gasteiger partial charge on any atom is 0.344 e. The number of aryl methyl sites for hydroxylation is 2. The molecule has 0 aliphatic rings. The zero-order valence-electron chi connectivity index (χ0n) is 15.7. The van der Waals surface area contributed by atoms with Crippen molar-refractivity contribution in [3.8, 4) is 0 Å². The first kappa shape index (κ1) is 20.1. The minimum atomic E-state index is -1.01. The number of hydrogen-bond acceptors (Lipinski definition) is 5. The van der Waals surface area contributed by atoms with Crippen molar-refractivity contribution in [3.63, 3.8) is 0 Å². The Hall–Kier alpha value is -3.62. The van der Waals surface area contributed by atoms with Gasteiger partial charge >= 0.3 is 5.97 Å². The normalized spacial score (nSPS) is 10.8. The van der Waals surface area contributed by atoms with E-state index < -0.39 is 35.5 Å². The van der Waals surface area contributed by atoms with E-state index in [2.05, 4.69) is 10.3 Å². The zero-order valence-corrected chi connectivity index (χ0v) is 15.7. The fourth-order valence-corrected chi connectivity index (χ4v) is 2.73. The van der Waals surface area contributed by atoms with Crippen molar-refractivity contribution in [1.29, 1.82) is 0 Å². The van der Waals surface area contributed by atoms with Crippen molar-refractivity contribution in [2.75, 3.05) is 11.9 Å². The van der Waals surface area contributed by atoms with Crippen molar-refractivity contribution in [1.82, 2.24) is 9.55 Å². The van der Waals surface area contributed by atoms with Gasteiger partial charge in [0.15, 0.2) is 6.61 Å². The van der Waals surface area contributed by atoms with Gasteiger partial charge in [0.05, 0.1) is 11.1 Å². The third kappa shape index (κ3) is 4.29. The first-order valence-corrected chi connectivity index (χ1v) is 8.73. The number of nitrogens with one attached hydrogen (secondary N) is 1. The predicted octanol–water partition coefficient (Wildman–Crippen LogP) is 2.80. The number of carbonyl (C=O) groups excluding carboxylic acids is 2. The standard InChI is InChI=1S/C20H17F2N3O4/c1-3-25-9-14(18(27)13-6-4-11(2)23-19(13)25)20(28)29-10-17(26)24-16-8-12(21)5-7-15(16)22/h4-9H,3,10H2,1-2H3,(H,24,26). The molecule has 0 unspecified atom stereocenters. The largest absolute Gasteiger partial charge is 0.452 e. The average molecular weight is 401 g/mol. The van der Waals surface area contributed by atoms with Gasteiger partial charge in [0.1, 0.15) is 22.8 Å². The lowest BCUT2D eigenvalue weighted by atomic mass is 10.2. The minimum absolute atomic E-state index is 0.248. The highest BCUT2D eigenvalue weighted by atomic mass is 19.1. The Kier molecular flexibility index (Phi) is 5.67. The van der Waals surface area contributed by atoms with Crippen molar-refractivity contribution in [2.45, 2.75) is 20.4 Å². The Morgan fingerprint density at radius 1 is 1.21 bits per heavy atom. The van der Waals surface area contributed by atoms with Crippen molar-refractivity contribution >= 4 is 28.6 Å². The molecule has 0 fully saturated rings. The van der Waals surface area contributed by atoms with E-state index in [1.807, 2.05) is 6.92 Å². The minimum Gasteiger partial charge on any atom is -0.452 e. The van der Waals surface area contributed by atoms with Gasteiger partial charge in [-0.25, -0.2) is 18.6 Å². The van der Waals surface area contributed by atoms with Crippen LogP contribution in [0.15, 0.2) is 41.3 Å². The molecule has 9 heteroatoms. The van der Waals surface area contributed by atoms with Crippen LogP contribution >= 0.6 is 0 Å². The van der Waals surface area contributed by atoms with E-state index in [4.69, 9.17) is 4.74 Å². The maximum absolute atomic E-state index is 13.6. The predicted molar refractivity (Wildman–Crippen MR) is 102 cm³/mol. The van der Waals surface area contributed by atoms with Crippen LogP contribution in [0.2, 0.25) is 0 Å². The molecule has 0 radical (unpaired) electrons. The topological polar surface area (TPSA) is 90.3 Å². The van der Waals surface area contributed by atoms with Crippen LogP contribution in [0, 0.1) is 18.6 Å². The molecule has 0 saturated carbocycles. The number of carbonyl (C=O) groups is 2. The Morgan fingerprint density at radius 2 is 1.97 bits per heavy atom. The van der Waals surface area contributed by atoms with E-state index >= 15 is 0 Å². The number of aromatic nitrogens is 2. The van der Waals surface area contributed by atoms with Gasteiger partial charge in [-0.1, -0.05) is 0 Å². The number of halogens is 2. The second-order valence-electron chi connectivity index (χ2n) is 6.23. The summed E-state index contributed by atoms with van der Waals surface area (Å²) in [5.74, 6) is -3.46. The van der Waals surface area contributed by atoms with E-state index in [1.165, 1.54) is 6.20 Å². The van der Waals surface area contributed by atoms with E-state index in [0.29, 0.717) is 12.2 Å². The van der Waals surface area contributed by atoms with Crippen LogP contribution in [0.5, 0.6) is 0 Å². The molecule has 2 heterocycles. The highest BCUT2D eigenvalue weighted by molar-refractivity contribution is 5.96. The second kappa shape index (κ2) is 8.17. The molecule has 3 rings (SSSR count). The first-order valence-electron chi connectivity index (χ1n) is 8.73. The van der Waals surface area contributed by atoms with Crippen molar-refractivity contribution < 1.29 is 23.1 Å². The fraction of sp³-hybridized carbons (Fsp3) is 0.200. The molecule has 2 aromatic heterocycles. The van der Waals surface area contributed by atoms with Crippen LogP contribution < -0.4 is 10.7 Å². The zero-order chi connectivity index (χ0) is 21.1. The Balaban J connectivity index is 1.78. The summed E-state index contributed by atoms with van der Waals surface area (Å²) in [6.07, 6.45) is 1.32. The number of nitrogens with zero attached hydrogens (tertiary/aromatic N) is 2. The third-order valence-electron chi connectivity index (χ3n) is 4.16. The van der Waals surface area contributed by atoms with E-state index in [-0.39, 0.29) is 16.6 Å². The van der Waals surface area contributed by atoms with Gasteiger partial charge in [-0.15, -0.1) is 0 Å². The molecule has 150 valence electrons. The molecule has 1 amide bonds. The van der Waals surface area contributed by atoms with Gasteiger partial charge < -0.3 is 14.6 Å². The van der Waals surface area contributed by atoms with Gasteiger partial charge in [0.25, 0.3) is 5.91 Å². The molecular formula is C20H17F2N3O4. The first-order chi connectivity index (χ1) is 13.8. The lowest BCUT2D eigenvalue weighted by molar-refractivity contribution is -0.119. The Labute approximate surface area is 163 Å². The summed E-state index contributed by atoms with van der Waals surface area (Å²) in [5.41, 5.74) is -0.0517. The molecule has 0 spiro atoms. The third-order valence-corrected chi connectivity index (χ3v) is 4.16. The number of hydrogen-bond donors (Lipinski definition) is 1. The molecule has 7 nitrogen and oxygen atoms in total. The lowest BCUT2D eigenvalue weighted by Gasteiger charge is -2.11. The summed E-state index contributed by atoms with van der Waals surface area (Å²) in [5, 5.41) is 2.35. The Bertz CT molecular complexity index is 1170. The summed E-state index contributed by atoms with van der Waals surface area (Å²) >= 11 is 0. The maximum atomic E-state index is 13.6. The summed E-state index contributed by atoms with van der Waals surface area (Å²) < 4.78 is 33.2. The fourth-order valence-electron chi connectivity index (χ4n) is 2.73. The van der Waals surface area contributed by atoms with Crippen LogP contribution in [0.3, 0.4) is 0 Å². The number of anilines is 1. The molecular weight excluding hydrogens is 384 g/mol. The van der Waals surface area contributed by atoms with Crippen LogP contribution in [-0.4, -0.2) is 28.0 Å². The highest BCUT2D eigenvalue weighted by Crippen LogP contribution is 2.15. The number of benzene rings is 1. The number of amides is 1. The summed E-state index contributed by atoms with van der Waals surface area (Å²) in [6, 6.07) is 5.78. The highest BCUT2D eigenvalue weighted by Gasteiger charge is 2.19. The number of ether oxygens (including phenoxy) is 1. The summed E-state index contributed by atoms with van der Waals surface area (Å²) in [4.78, 5) is 41.2. The molecule has 1 aromatic carbocycles. The van der Waals surface area contributed by atoms with Gasteiger partial charge in [0.2, 0.25) is 5.43 Å². The SMILES string of the molecule is CCn1cc(C(=O)OCC(=O)Nc2cc(F)ccc2F)c(=O)c2ccc(C)nc21. The summed E-state index contributed by atoms with van der Waals surface area (Å²) in [6.45, 7) is 3.29. The molecule has 0 aliphatic heterocycles. The molecule has 0 saturated heterocycles. The quantitative estimate of drug-likeness (QED) is 0.664. The lowest BCUT2D eigenvalue weighted by Crippen LogP contribution is -2.25. The van der Waals surface area contributed by atoms with Gasteiger partial charge in [-0.2, -0.15) is 0 Å². The number of pyridine rings is 2. The molecule has 0 bridgehead atoms. The van der Waals surface area contributed by atoms with E-state index in [1.54, 1.807) is 23.6 Å². The smallest absolute Gasteiger partial charge is 0.344 e. The summed E-state index contributed by atoms with van der Waals surface area (Å²) in [7, 11) is 0. The second-order valence-corrected chi connectivity index (χ2v) is 6.23. The number of rotatable bonds is 5. The molecule has 29 heavy (non-hydrogen) atoms. The van der Waals surface area contributed by atoms with E-state index in [9.17, 15) is 23.2 Å². The van der Waals surface area contributed by atoms with Crippen molar-refractivity contribution in [3.05, 3.63) is 69.6 Å². The van der Waals surface area contributed by atoms with Crippen molar-refractivity contribution in [2.24, 2.45) is 0 Å². The van der Waals surface area contributed by atoms with Gasteiger partial charge in [0, 0.05) is 24.5 Å². The number of esters is 1. The van der Waals surface area contributed by atoms with Crippen LogP contribution in [0.4, 0.5) is 14.5 Å². The van der Waals surface area contributed by atoms with Crippen LogP contribution in [0.1, 0.15) is 23.0 Å². The molecule has 3 aromatic rings. The van der Waals surface area contributed by atoms with Crippen LogP contribution in [-0.2, 0) is 16.1 Å². The van der Waals surface area contributed by atoms with Gasteiger partial charge in [-0.05, 0) is 38.1 Å². The number of fused-ring (bicyclic) bond motifs is 1. The van der Waals surface area contributed by atoms with Gasteiger partial charge in [-0.3, -0.25) is 9.59 Å². The molecule has 0 atom stereocenters. The molecule has 1 N–H and O–H groups in total.